The molecule has 0 amide bonds. The van der Waals surface area contributed by atoms with Crippen LogP contribution >= 0.6 is 0 Å². The van der Waals surface area contributed by atoms with Gasteiger partial charge in [-0.25, -0.2) is 0 Å². The Kier molecular flexibility index (Phi) is 3.25. The van der Waals surface area contributed by atoms with Gasteiger partial charge in [0.1, 0.15) is 0 Å². The maximum atomic E-state index is 10.5. The zero-order valence-corrected chi connectivity index (χ0v) is 13.7. The molecule has 0 aliphatic heterocycles. The van der Waals surface area contributed by atoms with E-state index >= 15 is 0 Å². The van der Waals surface area contributed by atoms with Gasteiger partial charge in [-0.05, 0) is 92.3 Å². The number of hydrogen-bond donors (Lipinski definition) is 2. The van der Waals surface area contributed by atoms with Gasteiger partial charge >= 0.3 is 0 Å². The van der Waals surface area contributed by atoms with E-state index in [0.717, 1.165) is 42.9 Å². The lowest BCUT2D eigenvalue weighted by Gasteiger charge is -2.60. The first kappa shape index (κ1) is 14.5. The van der Waals surface area contributed by atoms with E-state index in [-0.39, 0.29) is 17.6 Å². The monoisotopic (exact) mass is 292 g/mol. The molecule has 0 aromatic rings. The van der Waals surface area contributed by atoms with E-state index in [2.05, 4.69) is 13.8 Å². The van der Waals surface area contributed by atoms with Gasteiger partial charge < -0.3 is 10.2 Å². The molecule has 0 heterocycles. The second-order valence-corrected chi connectivity index (χ2v) is 9.22. The van der Waals surface area contributed by atoms with Crippen LogP contribution in [0.1, 0.15) is 71.6 Å². The molecule has 4 saturated carbocycles. The fourth-order valence-electron chi connectivity index (χ4n) is 7.21. The van der Waals surface area contributed by atoms with E-state index in [1.54, 1.807) is 0 Å². The molecule has 4 aliphatic carbocycles. The van der Waals surface area contributed by atoms with Crippen LogP contribution in [0.2, 0.25) is 0 Å². The normalized spacial score (nSPS) is 60.0. The maximum absolute atomic E-state index is 10.5. The average molecular weight is 292 g/mol. The minimum atomic E-state index is -0.0536. The van der Waals surface area contributed by atoms with Crippen molar-refractivity contribution in [1.82, 2.24) is 0 Å². The summed E-state index contributed by atoms with van der Waals surface area (Å²) in [6.45, 7) is 4.90. The minimum absolute atomic E-state index is 0.0400. The van der Waals surface area contributed by atoms with Gasteiger partial charge in [-0.15, -0.1) is 0 Å². The molecule has 1 unspecified atom stereocenters. The Hall–Kier alpha value is -0.0800. The van der Waals surface area contributed by atoms with Crippen molar-refractivity contribution in [1.29, 1.82) is 0 Å². The first-order valence-corrected chi connectivity index (χ1v) is 9.31. The van der Waals surface area contributed by atoms with E-state index in [9.17, 15) is 10.2 Å². The maximum Gasteiger partial charge on any atom is 0.0596 e. The lowest BCUT2D eigenvalue weighted by molar-refractivity contribution is -0.133. The standard InChI is InChI=1S/C19H32O2/c1-18-9-7-13(20)11-12(18)3-4-14-15-5-6-17(21)19(15,2)10-8-16(14)18/h12-17,20-21H,3-11H2,1-2H3/t12-,13?,14-,15-,16-,17+,18-,19-/m0/s1. The number of fused-ring (bicyclic) bond motifs is 5. The summed E-state index contributed by atoms with van der Waals surface area (Å²) in [5, 5.41) is 20.5. The summed E-state index contributed by atoms with van der Waals surface area (Å²) in [5.74, 6) is 3.21. The molecule has 0 spiro atoms. The molecule has 0 radical (unpaired) electrons. The Labute approximate surface area is 129 Å². The Bertz CT molecular complexity index is 422. The summed E-state index contributed by atoms with van der Waals surface area (Å²) >= 11 is 0. The van der Waals surface area contributed by atoms with Gasteiger partial charge in [0.25, 0.3) is 0 Å². The Morgan fingerprint density at radius 2 is 1.48 bits per heavy atom. The molecule has 2 N–H and O–H groups in total. The third kappa shape index (κ3) is 1.91. The van der Waals surface area contributed by atoms with Crippen LogP contribution in [0.5, 0.6) is 0 Å². The Morgan fingerprint density at radius 3 is 2.29 bits per heavy atom. The van der Waals surface area contributed by atoms with E-state index in [4.69, 9.17) is 0 Å². The smallest absolute Gasteiger partial charge is 0.0596 e. The molecule has 120 valence electrons. The molecule has 0 saturated heterocycles. The predicted octanol–water partition coefficient (Wildman–Crippen LogP) is 3.75. The molecule has 8 atom stereocenters. The quantitative estimate of drug-likeness (QED) is 0.714. The van der Waals surface area contributed by atoms with E-state index in [0.29, 0.717) is 5.41 Å². The van der Waals surface area contributed by atoms with Crippen molar-refractivity contribution in [2.75, 3.05) is 0 Å². The largest absolute Gasteiger partial charge is 0.393 e. The van der Waals surface area contributed by atoms with Crippen LogP contribution in [-0.2, 0) is 0 Å². The molecule has 0 aromatic carbocycles. The molecule has 4 rings (SSSR count). The lowest BCUT2D eigenvalue weighted by Crippen LogP contribution is -2.54. The highest BCUT2D eigenvalue weighted by Crippen LogP contribution is 2.66. The lowest BCUT2D eigenvalue weighted by atomic mass is 9.45. The number of hydrogen-bond acceptors (Lipinski definition) is 2. The molecule has 0 aromatic heterocycles. The third-order valence-electron chi connectivity index (χ3n) is 8.59. The van der Waals surface area contributed by atoms with Gasteiger partial charge in [0.15, 0.2) is 0 Å². The predicted molar refractivity (Wildman–Crippen MR) is 83.7 cm³/mol. The summed E-state index contributed by atoms with van der Waals surface area (Å²) in [4.78, 5) is 0. The zero-order valence-electron chi connectivity index (χ0n) is 13.7. The van der Waals surface area contributed by atoms with Crippen molar-refractivity contribution in [3.05, 3.63) is 0 Å². The van der Waals surface area contributed by atoms with Crippen molar-refractivity contribution in [3.8, 4) is 0 Å². The molecule has 2 heteroatoms. The van der Waals surface area contributed by atoms with Gasteiger partial charge in [-0.2, -0.15) is 0 Å². The van der Waals surface area contributed by atoms with Gasteiger partial charge in [0, 0.05) is 0 Å². The Balaban J connectivity index is 1.62. The van der Waals surface area contributed by atoms with E-state index < -0.39 is 0 Å². The number of rotatable bonds is 0. The fraction of sp³-hybridized carbons (Fsp3) is 1.00. The van der Waals surface area contributed by atoms with Crippen molar-refractivity contribution in [2.24, 2.45) is 34.5 Å². The molecule has 4 fully saturated rings. The summed E-state index contributed by atoms with van der Waals surface area (Å²) in [6, 6.07) is 0. The summed E-state index contributed by atoms with van der Waals surface area (Å²) in [7, 11) is 0. The SMILES string of the molecule is C[C@]12CCC(O)C[C@@H]1CC[C@@H]1[C@@H]2CC[C@]2(C)[C@H](O)CC[C@@H]12. The molecule has 4 aliphatic rings. The zero-order chi connectivity index (χ0) is 14.8. The summed E-state index contributed by atoms with van der Waals surface area (Å²) in [6.07, 6.45) is 10.7. The van der Waals surface area contributed by atoms with Crippen molar-refractivity contribution in [2.45, 2.75) is 83.8 Å². The molecule has 0 bridgehead atoms. The molecule has 21 heavy (non-hydrogen) atoms. The highest BCUT2D eigenvalue weighted by Gasteiger charge is 2.59. The van der Waals surface area contributed by atoms with Crippen LogP contribution in [0.3, 0.4) is 0 Å². The molecular formula is C19H32O2. The van der Waals surface area contributed by atoms with Crippen LogP contribution in [-0.4, -0.2) is 22.4 Å². The number of aliphatic hydroxyl groups excluding tert-OH is 2. The van der Waals surface area contributed by atoms with Gasteiger partial charge in [0.2, 0.25) is 0 Å². The highest BCUT2D eigenvalue weighted by atomic mass is 16.3. The van der Waals surface area contributed by atoms with Crippen molar-refractivity contribution in [3.63, 3.8) is 0 Å². The second kappa shape index (κ2) is 4.71. The highest BCUT2D eigenvalue weighted by molar-refractivity contribution is 5.09. The topological polar surface area (TPSA) is 40.5 Å². The summed E-state index contributed by atoms with van der Waals surface area (Å²) in [5.41, 5.74) is 0.676. The van der Waals surface area contributed by atoms with Crippen LogP contribution < -0.4 is 0 Å². The molecule has 2 nitrogen and oxygen atoms in total. The fourth-order valence-corrected chi connectivity index (χ4v) is 7.21. The van der Waals surface area contributed by atoms with Crippen molar-refractivity contribution < 1.29 is 10.2 Å². The van der Waals surface area contributed by atoms with E-state index in [1.807, 2.05) is 0 Å². The van der Waals surface area contributed by atoms with Gasteiger partial charge in [-0.3, -0.25) is 0 Å². The van der Waals surface area contributed by atoms with Crippen molar-refractivity contribution >= 4 is 0 Å². The first-order valence-electron chi connectivity index (χ1n) is 9.31. The van der Waals surface area contributed by atoms with Crippen LogP contribution in [0.15, 0.2) is 0 Å². The van der Waals surface area contributed by atoms with Crippen LogP contribution in [0, 0.1) is 34.5 Å². The minimum Gasteiger partial charge on any atom is -0.393 e. The second-order valence-electron chi connectivity index (χ2n) is 9.22. The number of aliphatic hydroxyl groups is 2. The molecular weight excluding hydrogens is 260 g/mol. The van der Waals surface area contributed by atoms with Crippen LogP contribution in [0.25, 0.3) is 0 Å². The van der Waals surface area contributed by atoms with Gasteiger partial charge in [0.05, 0.1) is 12.2 Å². The average Bonchev–Trinajstić information content (AvgIpc) is 2.76. The Morgan fingerprint density at radius 1 is 0.762 bits per heavy atom. The third-order valence-corrected chi connectivity index (χ3v) is 8.59. The van der Waals surface area contributed by atoms with E-state index in [1.165, 1.54) is 38.5 Å². The van der Waals surface area contributed by atoms with Gasteiger partial charge in [-0.1, -0.05) is 13.8 Å². The first-order chi connectivity index (χ1) is 9.95. The van der Waals surface area contributed by atoms with Crippen LogP contribution in [0.4, 0.5) is 0 Å². The summed E-state index contributed by atoms with van der Waals surface area (Å²) < 4.78 is 0.